The molecule has 12 heterocycles. The Bertz CT molecular complexity index is 2850. The molecular formula is C68H132O26S8. The Morgan fingerprint density at radius 2 is 0.922 bits per heavy atom. The van der Waals surface area contributed by atoms with Gasteiger partial charge < -0.3 is 66.3 Å². The third-order valence-corrected chi connectivity index (χ3v) is 35.5. The average Bonchev–Trinajstić information content (AvgIpc) is 1.18. The van der Waals surface area contributed by atoms with Crippen molar-refractivity contribution in [3.63, 3.8) is 0 Å². The molecule has 26 nitrogen and oxygen atoms in total. The highest BCUT2D eigenvalue weighted by Crippen LogP contribution is 2.34. The minimum atomic E-state index is -2.88. The Morgan fingerprint density at radius 3 is 1.43 bits per heavy atom. The van der Waals surface area contributed by atoms with Crippen LogP contribution in [0.25, 0.3) is 0 Å². The Balaban J connectivity index is 0.000000295. The van der Waals surface area contributed by atoms with Crippen LogP contribution in [0.2, 0.25) is 0 Å². The van der Waals surface area contributed by atoms with Crippen molar-refractivity contribution in [2.75, 3.05) is 167 Å². The summed E-state index contributed by atoms with van der Waals surface area (Å²) in [5, 5.41) is 0.111. The standard InChI is InChI=1S/C8H16O3S.C8H16O2S.C7H14O3S.2C7H12O3.C7H14O2S.2C6H12O3S.2C6H12O2S/c1-8(2)6-7(11-3)4-5-12(8,9)10;1-8(2)6-7(10-3)4-5-11(8)9;1-6-5-7(10-2)3-4-11(6,8)9;1-8-6-4-10-5-2-3-9-7(5)6;1-8-6-4-10-7-5(6)2-3-9-7;1-6-5-7(9-2)3-4-10(6)8;1-9-6-2-4-10(7,8)5-3-6;1-9-6-3-2-4-10(7,8)5-6;1-8-6-2-4-9(7)5-3-6;1-8-6-3-2-4-9(7)5-6/h7H,4-6H2,1-3H3;7H,4-6H2,1-3H3;6-7H,3-5H2,1-2H3;2*5-7H,2-4H2,1H3;6-7H,3-5H2,1-2H3;2*6H,2-5H2,1H3;2*6H,2-5H2,1H3. The van der Waals surface area contributed by atoms with Crippen molar-refractivity contribution in [2.45, 2.75) is 257 Å². The van der Waals surface area contributed by atoms with E-state index >= 15 is 0 Å². The highest BCUT2D eigenvalue weighted by Gasteiger charge is 2.44. The highest BCUT2D eigenvalue weighted by atomic mass is 32.2. The number of hydrogen-bond donors (Lipinski definition) is 0. The monoisotopic (exact) mass is 1620 g/mol. The summed E-state index contributed by atoms with van der Waals surface area (Å²) in [4.78, 5) is 0. The molecule has 0 aromatic heterocycles. The first-order valence-corrected chi connectivity index (χ1v) is 48.7. The van der Waals surface area contributed by atoms with E-state index in [1.54, 1.807) is 91.9 Å². The van der Waals surface area contributed by atoms with Crippen molar-refractivity contribution in [3.05, 3.63) is 0 Å². The number of fused-ring (bicyclic) bond motifs is 2. The van der Waals surface area contributed by atoms with Crippen LogP contribution < -0.4 is 0 Å². The quantitative estimate of drug-likeness (QED) is 0.244. The second-order valence-electron chi connectivity index (χ2n) is 28.8. The maximum atomic E-state index is 11.5. The van der Waals surface area contributed by atoms with Crippen LogP contribution in [0.15, 0.2) is 0 Å². The van der Waals surface area contributed by atoms with E-state index in [1.807, 2.05) is 20.8 Å². The van der Waals surface area contributed by atoms with Crippen LogP contribution in [-0.4, -0.2) is 317 Å². The van der Waals surface area contributed by atoms with Gasteiger partial charge in [0.2, 0.25) is 0 Å². The van der Waals surface area contributed by atoms with Gasteiger partial charge in [0.25, 0.3) is 0 Å². The molecule has 17 atom stereocenters. The normalized spacial score (nSPS) is 37.1. The van der Waals surface area contributed by atoms with Gasteiger partial charge in [-0.05, 0) is 150 Å². The van der Waals surface area contributed by atoms with Gasteiger partial charge in [-0.25, -0.2) is 33.7 Å². The smallest absolute Gasteiger partial charge is 0.163 e. The third-order valence-electron chi connectivity index (χ3n) is 20.6. The Morgan fingerprint density at radius 1 is 0.412 bits per heavy atom. The molecule has 102 heavy (non-hydrogen) atoms. The van der Waals surface area contributed by atoms with Crippen molar-refractivity contribution >= 4 is 82.5 Å². The van der Waals surface area contributed by atoms with Gasteiger partial charge in [0.15, 0.2) is 45.6 Å². The van der Waals surface area contributed by atoms with E-state index in [-0.39, 0.29) is 82.4 Å². The average molecular weight is 1620 g/mol. The van der Waals surface area contributed by atoms with Crippen LogP contribution in [0.4, 0.5) is 0 Å². The lowest BCUT2D eigenvalue weighted by Gasteiger charge is -2.33. The molecule has 0 aliphatic carbocycles. The van der Waals surface area contributed by atoms with Gasteiger partial charge in [-0.2, -0.15) is 0 Å². The molecule has 0 saturated carbocycles. The fourth-order valence-electron chi connectivity index (χ4n) is 13.2. The molecule has 0 N–H and O–H groups in total. The zero-order valence-corrected chi connectivity index (χ0v) is 70.7. The number of sulfone groups is 4. The molecule has 0 aromatic carbocycles. The predicted octanol–water partition coefficient (Wildman–Crippen LogP) is 5.93. The summed E-state index contributed by atoms with van der Waals surface area (Å²) in [6, 6.07) is 0. The lowest BCUT2D eigenvalue weighted by atomic mass is 10.0. The van der Waals surface area contributed by atoms with Gasteiger partial charge in [-0.3, -0.25) is 16.8 Å². The number of methoxy groups -OCH3 is 10. The van der Waals surface area contributed by atoms with E-state index in [2.05, 4.69) is 0 Å². The summed E-state index contributed by atoms with van der Waals surface area (Å²) < 4.78 is 205. The molecule has 17 unspecified atom stereocenters. The highest BCUT2D eigenvalue weighted by molar-refractivity contribution is 7.93. The van der Waals surface area contributed by atoms with Crippen molar-refractivity contribution in [2.24, 2.45) is 5.92 Å². The minimum absolute atomic E-state index is 0.0324. The van der Waals surface area contributed by atoms with E-state index in [4.69, 9.17) is 66.3 Å². The van der Waals surface area contributed by atoms with E-state index in [1.165, 1.54) is 0 Å². The predicted molar refractivity (Wildman–Crippen MR) is 403 cm³/mol. The van der Waals surface area contributed by atoms with E-state index in [0.29, 0.717) is 105 Å². The molecule has 0 bridgehead atoms. The summed E-state index contributed by atoms with van der Waals surface area (Å²) in [5.41, 5.74) is 0. The molecule has 0 aromatic rings. The van der Waals surface area contributed by atoms with Gasteiger partial charge in [-0.1, -0.05) is 6.92 Å². The van der Waals surface area contributed by atoms with E-state index in [9.17, 15) is 50.5 Å². The van der Waals surface area contributed by atoms with E-state index < -0.39 is 87.3 Å². The van der Waals surface area contributed by atoms with Gasteiger partial charge in [0.05, 0.1) is 125 Å². The minimum Gasteiger partial charge on any atom is -0.381 e. The third kappa shape index (κ3) is 35.0. The largest absolute Gasteiger partial charge is 0.381 e. The van der Waals surface area contributed by atoms with Gasteiger partial charge in [0, 0.05) is 171 Å². The summed E-state index contributed by atoms with van der Waals surface area (Å²) in [6.07, 6.45) is 18.2. The zero-order valence-electron chi connectivity index (χ0n) is 64.2. The maximum Gasteiger partial charge on any atom is 0.163 e. The fraction of sp³-hybridized carbons (Fsp3) is 1.00. The molecular weight excluding hydrogens is 1490 g/mol. The Labute approximate surface area is 624 Å². The van der Waals surface area contributed by atoms with Crippen molar-refractivity contribution in [1.82, 2.24) is 0 Å². The Hall–Kier alpha value is -0.160. The van der Waals surface area contributed by atoms with Gasteiger partial charge >= 0.3 is 0 Å². The zero-order chi connectivity index (χ0) is 76.5. The molecule has 12 aliphatic heterocycles. The van der Waals surface area contributed by atoms with Gasteiger partial charge in [0.1, 0.15) is 12.2 Å². The molecule has 0 radical (unpaired) electrons. The molecule has 12 rings (SSSR count). The maximum absolute atomic E-state index is 11.5. The van der Waals surface area contributed by atoms with Crippen LogP contribution in [0, 0.1) is 5.92 Å². The van der Waals surface area contributed by atoms with Crippen molar-refractivity contribution in [3.8, 4) is 0 Å². The summed E-state index contributed by atoms with van der Waals surface area (Å²) >= 11 is 0. The summed E-state index contributed by atoms with van der Waals surface area (Å²) in [6.45, 7) is 14.5. The first-order chi connectivity index (χ1) is 48.0. The van der Waals surface area contributed by atoms with Crippen molar-refractivity contribution in [1.29, 1.82) is 0 Å². The molecule has 0 amide bonds. The lowest BCUT2D eigenvalue weighted by Crippen LogP contribution is -2.43. The van der Waals surface area contributed by atoms with Crippen LogP contribution in [-0.2, 0) is 149 Å². The second-order valence-corrected chi connectivity index (χ2v) is 46.1. The first kappa shape index (κ1) is 96.0. The first-order valence-electron chi connectivity index (χ1n) is 36.1. The molecule has 12 aliphatic rings. The van der Waals surface area contributed by atoms with Crippen LogP contribution >= 0.6 is 0 Å². The molecule has 12 saturated heterocycles. The summed E-state index contributed by atoms with van der Waals surface area (Å²) in [7, 11) is 3.24. The SMILES string of the molecule is COC1CCCS(=O)(=O)C1.COC1CCCS(=O)C1.COC1CCS(=O)(=O)C(C)(C)C1.COC1CCS(=O)(=O)C(C)C1.COC1CCS(=O)(=O)CC1.COC1CCS(=O)C(C)(C)C1.COC1CCS(=O)C(C)C1.COC1CCS(=O)CC1.COC1COC2CCOC12.COC1COC2OCCC12. The summed E-state index contributed by atoms with van der Waals surface area (Å²) in [5.74, 6) is 7.09. The number of rotatable bonds is 10. The molecule has 608 valence electrons. The second kappa shape index (κ2) is 48.6. The lowest BCUT2D eigenvalue weighted by molar-refractivity contribution is -0.0907. The van der Waals surface area contributed by atoms with Crippen LogP contribution in [0.1, 0.15) is 157 Å². The Kier molecular flexibility index (Phi) is 45.7. The molecule has 12 fully saturated rings. The fourth-order valence-corrected chi connectivity index (χ4v) is 24.7. The number of ether oxygens (including phenoxy) is 14. The van der Waals surface area contributed by atoms with Crippen LogP contribution in [0.3, 0.4) is 0 Å². The van der Waals surface area contributed by atoms with E-state index in [0.717, 1.165) is 125 Å². The molecule has 34 heteroatoms. The van der Waals surface area contributed by atoms with Crippen molar-refractivity contribution < 1.29 is 117 Å². The molecule has 0 spiro atoms. The van der Waals surface area contributed by atoms with Gasteiger partial charge in [-0.15, -0.1) is 0 Å². The topological polar surface area (TPSA) is 334 Å². The number of hydrogen-bond acceptors (Lipinski definition) is 26. The van der Waals surface area contributed by atoms with Crippen LogP contribution in [0.5, 0.6) is 0 Å².